The quantitative estimate of drug-likeness (QED) is 0.810. The van der Waals surface area contributed by atoms with E-state index in [1.165, 1.54) is 6.07 Å². The van der Waals surface area contributed by atoms with Crippen LogP contribution in [0.25, 0.3) is 11.0 Å². The molecule has 0 aromatic carbocycles. The third kappa shape index (κ3) is 1.56. The number of aromatic nitrogens is 3. The van der Waals surface area contributed by atoms with Gasteiger partial charge in [-0.3, -0.25) is 0 Å². The minimum atomic E-state index is -1.02. The summed E-state index contributed by atoms with van der Waals surface area (Å²) < 4.78 is 1.71. The largest absolute Gasteiger partial charge is 0.477 e. The molecule has 0 amide bonds. The lowest BCUT2D eigenvalue weighted by atomic mass is 10.3. The first-order valence-corrected chi connectivity index (χ1v) is 4.67. The van der Waals surface area contributed by atoms with E-state index >= 15 is 0 Å². The number of carboxylic acids is 1. The van der Waals surface area contributed by atoms with E-state index in [4.69, 9.17) is 5.11 Å². The first-order valence-electron chi connectivity index (χ1n) is 4.67. The monoisotopic (exact) mass is 205 g/mol. The van der Waals surface area contributed by atoms with E-state index < -0.39 is 5.97 Å². The van der Waals surface area contributed by atoms with Gasteiger partial charge in [0.1, 0.15) is 0 Å². The number of aromatic carboxylic acids is 1. The molecule has 2 aromatic rings. The van der Waals surface area contributed by atoms with E-state index in [0.29, 0.717) is 5.65 Å². The standard InChI is InChI=1S/C10H11N3O2/c1-6(2)13-9-7(5-11-13)3-4-8(12-9)10(14)15/h3-6H,1-2H3,(H,14,15). The van der Waals surface area contributed by atoms with Crippen molar-refractivity contribution in [2.75, 3.05) is 0 Å². The maximum absolute atomic E-state index is 10.8. The molecule has 2 heterocycles. The van der Waals surface area contributed by atoms with Crippen LogP contribution < -0.4 is 0 Å². The number of fused-ring (bicyclic) bond motifs is 1. The molecule has 0 fully saturated rings. The zero-order valence-corrected chi connectivity index (χ0v) is 8.51. The number of carboxylic acid groups (broad SMARTS) is 1. The van der Waals surface area contributed by atoms with E-state index in [1.54, 1.807) is 16.9 Å². The van der Waals surface area contributed by atoms with Gasteiger partial charge in [-0.1, -0.05) is 0 Å². The summed E-state index contributed by atoms with van der Waals surface area (Å²) in [7, 11) is 0. The fraction of sp³-hybridized carbons (Fsp3) is 0.300. The molecule has 5 heteroatoms. The van der Waals surface area contributed by atoms with Gasteiger partial charge in [-0.05, 0) is 26.0 Å². The highest BCUT2D eigenvalue weighted by Crippen LogP contribution is 2.15. The van der Waals surface area contributed by atoms with Crippen LogP contribution in [0.1, 0.15) is 30.4 Å². The van der Waals surface area contributed by atoms with E-state index in [9.17, 15) is 4.79 Å². The molecule has 0 aliphatic carbocycles. The maximum atomic E-state index is 10.8. The second-order valence-electron chi connectivity index (χ2n) is 3.60. The Morgan fingerprint density at radius 3 is 2.80 bits per heavy atom. The second kappa shape index (κ2) is 3.34. The Hall–Kier alpha value is -1.91. The molecule has 0 saturated carbocycles. The smallest absolute Gasteiger partial charge is 0.354 e. The summed E-state index contributed by atoms with van der Waals surface area (Å²) in [6.45, 7) is 3.95. The van der Waals surface area contributed by atoms with Crippen LogP contribution in [0, 0.1) is 0 Å². The van der Waals surface area contributed by atoms with Gasteiger partial charge in [-0.2, -0.15) is 5.10 Å². The van der Waals surface area contributed by atoms with Crippen LogP contribution >= 0.6 is 0 Å². The topological polar surface area (TPSA) is 68.0 Å². The van der Waals surface area contributed by atoms with Crippen molar-refractivity contribution < 1.29 is 9.90 Å². The van der Waals surface area contributed by atoms with Crippen LogP contribution in [0.5, 0.6) is 0 Å². The Morgan fingerprint density at radius 1 is 1.47 bits per heavy atom. The third-order valence-corrected chi connectivity index (χ3v) is 2.15. The van der Waals surface area contributed by atoms with Gasteiger partial charge in [-0.25, -0.2) is 14.5 Å². The van der Waals surface area contributed by atoms with Crippen LogP contribution in [0.15, 0.2) is 18.3 Å². The van der Waals surface area contributed by atoms with Crippen molar-refractivity contribution in [2.24, 2.45) is 0 Å². The average molecular weight is 205 g/mol. The predicted octanol–water partition coefficient (Wildman–Crippen LogP) is 1.71. The van der Waals surface area contributed by atoms with Gasteiger partial charge < -0.3 is 5.11 Å². The molecule has 0 unspecified atom stereocenters. The van der Waals surface area contributed by atoms with Crippen molar-refractivity contribution in [2.45, 2.75) is 19.9 Å². The first kappa shape index (κ1) is 9.64. The number of rotatable bonds is 2. The van der Waals surface area contributed by atoms with E-state index in [2.05, 4.69) is 10.1 Å². The minimum Gasteiger partial charge on any atom is -0.477 e. The third-order valence-electron chi connectivity index (χ3n) is 2.15. The van der Waals surface area contributed by atoms with Gasteiger partial charge in [-0.15, -0.1) is 0 Å². The Balaban J connectivity index is 2.66. The van der Waals surface area contributed by atoms with Gasteiger partial charge in [0.05, 0.1) is 6.20 Å². The molecule has 0 aliphatic rings. The molecule has 0 bridgehead atoms. The molecule has 0 aliphatic heterocycles. The minimum absolute atomic E-state index is 0.0462. The fourth-order valence-electron chi connectivity index (χ4n) is 1.42. The normalized spacial score (nSPS) is 11.1. The molecule has 78 valence electrons. The Kier molecular flexibility index (Phi) is 2.15. The fourth-order valence-corrected chi connectivity index (χ4v) is 1.42. The molecular formula is C10H11N3O2. The van der Waals surface area contributed by atoms with Crippen molar-refractivity contribution in [3.8, 4) is 0 Å². The average Bonchev–Trinajstić information content (AvgIpc) is 2.59. The summed E-state index contributed by atoms with van der Waals surface area (Å²) in [5.41, 5.74) is 0.662. The molecule has 2 rings (SSSR count). The second-order valence-corrected chi connectivity index (χ2v) is 3.60. The predicted molar refractivity (Wildman–Crippen MR) is 54.9 cm³/mol. The number of nitrogens with zero attached hydrogens (tertiary/aromatic N) is 3. The lowest BCUT2D eigenvalue weighted by Crippen LogP contribution is -2.06. The van der Waals surface area contributed by atoms with Gasteiger partial charge in [0.2, 0.25) is 0 Å². The van der Waals surface area contributed by atoms with Crippen LogP contribution in [-0.4, -0.2) is 25.8 Å². The Morgan fingerprint density at radius 2 is 2.20 bits per heavy atom. The maximum Gasteiger partial charge on any atom is 0.354 e. The Bertz CT molecular complexity index is 516. The van der Waals surface area contributed by atoms with E-state index in [0.717, 1.165) is 5.39 Å². The summed E-state index contributed by atoms with van der Waals surface area (Å²) >= 11 is 0. The van der Waals surface area contributed by atoms with Crippen LogP contribution in [0.4, 0.5) is 0 Å². The number of carbonyl (C=O) groups is 1. The SMILES string of the molecule is CC(C)n1ncc2ccc(C(=O)O)nc21. The van der Waals surface area contributed by atoms with Crippen LogP contribution in [0.2, 0.25) is 0 Å². The zero-order chi connectivity index (χ0) is 11.0. The number of hydrogen-bond donors (Lipinski definition) is 1. The lowest BCUT2D eigenvalue weighted by Gasteiger charge is -2.05. The Labute approximate surface area is 86.4 Å². The first-order chi connectivity index (χ1) is 7.09. The lowest BCUT2D eigenvalue weighted by molar-refractivity contribution is 0.0691. The summed E-state index contributed by atoms with van der Waals surface area (Å²) in [6, 6.07) is 3.37. The van der Waals surface area contributed by atoms with Crippen molar-refractivity contribution in [3.05, 3.63) is 24.0 Å². The number of hydrogen-bond acceptors (Lipinski definition) is 3. The summed E-state index contributed by atoms with van der Waals surface area (Å²) in [6.07, 6.45) is 1.69. The number of pyridine rings is 1. The molecule has 2 aromatic heterocycles. The molecular weight excluding hydrogens is 194 g/mol. The highest BCUT2D eigenvalue weighted by molar-refractivity contribution is 5.88. The summed E-state index contributed by atoms with van der Waals surface area (Å²) in [4.78, 5) is 14.8. The van der Waals surface area contributed by atoms with Crippen molar-refractivity contribution >= 4 is 17.0 Å². The van der Waals surface area contributed by atoms with Gasteiger partial charge >= 0.3 is 5.97 Å². The molecule has 0 atom stereocenters. The summed E-state index contributed by atoms with van der Waals surface area (Å²) in [5, 5.41) is 13.8. The van der Waals surface area contributed by atoms with E-state index in [1.807, 2.05) is 13.8 Å². The van der Waals surface area contributed by atoms with Gasteiger partial charge in [0.25, 0.3) is 0 Å². The molecule has 0 saturated heterocycles. The molecule has 1 N–H and O–H groups in total. The highest BCUT2D eigenvalue weighted by atomic mass is 16.4. The summed E-state index contributed by atoms with van der Waals surface area (Å²) in [5.74, 6) is -1.02. The molecule has 15 heavy (non-hydrogen) atoms. The highest BCUT2D eigenvalue weighted by Gasteiger charge is 2.10. The van der Waals surface area contributed by atoms with Gasteiger partial charge in [0.15, 0.2) is 11.3 Å². The molecule has 0 radical (unpaired) electrons. The van der Waals surface area contributed by atoms with Crippen molar-refractivity contribution in [1.82, 2.24) is 14.8 Å². The van der Waals surface area contributed by atoms with Crippen LogP contribution in [-0.2, 0) is 0 Å². The van der Waals surface area contributed by atoms with Crippen LogP contribution in [0.3, 0.4) is 0 Å². The van der Waals surface area contributed by atoms with Crippen molar-refractivity contribution in [3.63, 3.8) is 0 Å². The molecule has 0 spiro atoms. The van der Waals surface area contributed by atoms with Crippen molar-refractivity contribution in [1.29, 1.82) is 0 Å². The van der Waals surface area contributed by atoms with Gasteiger partial charge in [0, 0.05) is 11.4 Å². The van der Waals surface area contributed by atoms with E-state index in [-0.39, 0.29) is 11.7 Å². The zero-order valence-electron chi connectivity index (χ0n) is 8.51. The molecule has 5 nitrogen and oxygen atoms in total.